The lowest BCUT2D eigenvalue weighted by atomic mass is 10.1. The summed E-state index contributed by atoms with van der Waals surface area (Å²) < 4.78 is 7.98. The molecule has 3 aromatic rings. The Morgan fingerprint density at radius 3 is 2.64 bits per heavy atom. The van der Waals surface area contributed by atoms with Crippen molar-refractivity contribution in [2.24, 2.45) is 5.73 Å². The number of aromatic hydroxyl groups is 1. The zero-order valence-electron chi connectivity index (χ0n) is 12.6. The number of aromatic nitrogens is 1. The van der Waals surface area contributed by atoms with Gasteiger partial charge < -0.3 is 20.1 Å². The second-order valence-electron chi connectivity index (χ2n) is 5.21. The van der Waals surface area contributed by atoms with Gasteiger partial charge in [0.1, 0.15) is 6.61 Å². The maximum absolute atomic E-state index is 9.80. The number of nitrogens with zero attached hydrogens (tertiary/aromatic N) is 1. The molecule has 0 aliphatic heterocycles. The lowest BCUT2D eigenvalue weighted by Gasteiger charge is -2.08. The smallest absolute Gasteiger partial charge is 0.161 e. The number of phenolic OH excluding ortho intramolecular Hbond substituents is 1. The SMILES string of the molecule is CCn1cc(COc2ccccc2O)c2c(CN)cccc21. The van der Waals surface area contributed by atoms with Gasteiger partial charge in [0.05, 0.1) is 0 Å². The van der Waals surface area contributed by atoms with Crippen LogP contribution in [0.15, 0.2) is 48.7 Å². The summed E-state index contributed by atoms with van der Waals surface area (Å²) in [4.78, 5) is 0. The number of phenols is 1. The minimum Gasteiger partial charge on any atom is -0.504 e. The molecule has 0 aliphatic carbocycles. The molecule has 0 spiro atoms. The Kier molecular flexibility index (Phi) is 4.02. The van der Waals surface area contributed by atoms with Crippen LogP contribution < -0.4 is 10.5 Å². The van der Waals surface area contributed by atoms with Gasteiger partial charge in [0, 0.05) is 35.8 Å². The Labute approximate surface area is 129 Å². The molecule has 1 heterocycles. The molecular weight excluding hydrogens is 276 g/mol. The van der Waals surface area contributed by atoms with E-state index in [1.807, 2.05) is 18.2 Å². The van der Waals surface area contributed by atoms with E-state index in [0.717, 1.165) is 23.1 Å². The van der Waals surface area contributed by atoms with Gasteiger partial charge in [-0.3, -0.25) is 0 Å². The molecular formula is C18H20N2O2. The number of para-hydroxylation sites is 2. The molecule has 22 heavy (non-hydrogen) atoms. The largest absolute Gasteiger partial charge is 0.504 e. The van der Waals surface area contributed by atoms with Crippen molar-refractivity contribution >= 4 is 10.9 Å². The fraction of sp³-hybridized carbons (Fsp3) is 0.222. The summed E-state index contributed by atoms with van der Waals surface area (Å²) in [6, 6.07) is 13.2. The molecule has 114 valence electrons. The minimum atomic E-state index is 0.153. The molecule has 1 aromatic heterocycles. The molecule has 3 N–H and O–H groups in total. The molecule has 0 fully saturated rings. The summed E-state index contributed by atoms with van der Waals surface area (Å²) in [5.41, 5.74) is 9.24. The van der Waals surface area contributed by atoms with E-state index in [-0.39, 0.29) is 5.75 Å². The molecule has 4 nitrogen and oxygen atoms in total. The molecule has 2 aromatic carbocycles. The van der Waals surface area contributed by atoms with Crippen LogP contribution in [0.25, 0.3) is 10.9 Å². The summed E-state index contributed by atoms with van der Waals surface area (Å²) in [5.74, 6) is 0.644. The van der Waals surface area contributed by atoms with E-state index >= 15 is 0 Å². The average Bonchev–Trinajstić information content (AvgIpc) is 2.92. The topological polar surface area (TPSA) is 60.4 Å². The fourth-order valence-electron chi connectivity index (χ4n) is 2.79. The Morgan fingerprint density at radius 2 is 1.91 bits per heavy atom. The van der Waals surface area contributed by atoms with Crippen molar-refractivity contribution in [1.29, 1.82) is 0 Å². The number of rotatable bonds is 5. The molecule has 0 unspecified atom stereocenters. The third kappa shape index (κ3) is 2.53. The van der Waals surface area contributed by atoms with Gasteiger partial charge in [-0.15, -0.1) is 0 Å². The first-order valence-corrected chi connectivity index (χ1v) is 7.45. The number of ether oxygens (including phenoxy) is 1. The van der Waals surface area contributed by atoms with Gasteiger partial charge in [0.15, 0.2) is 11.5 Å². The van der Waals surface area contributed by atoms with E-state index < -0.39 is 0 Å². The normalized spacial score (nSPS) is 11.0. The first-order chi connectivity index (χ1) is 10.7. The third-order valence-corrected chi connectivity index (χ3v) is 3.88. The van der Waals surface area contributed by atoms with Gasteiger partial charge in [-0.25, -0.2) is 0 Å². The van der Waals surface area contributed by atoms with Crippen molar-refractivity contribution in [1.82, 2.24) is 4.57 Å². The molecule has 0 saturated heterocycles. The van der Waals surface area contributed by atoms with Crippen molar-refractivity contribution in [3.8, 4) is 11.5 Å². The third-order valence-electron chi connectivity index (χ3n) is 3.88. The monoisotopic (exact) mass is 296 g/mol. The van der Waals surface area contributed by atoms with Crippen molar-refractivity contribution < 1.29 is 9.84 Å². The van der Waals surface area contributed by atoms with Crippen LogP contribution in [0.5, 0.6) is 11.5 Å². The number of benzene rings is 2. The quantitative estimate of drug-likeness (QED) is 0.758. The van der Waals surface area contributed by atoms with Crippen LogP contribution in [-0.4, -0.2) is 9.67 Å². The first-order valence-electron chi connectivity index (χ1n) is 7.45. The van der Waals surface area contributed by atoms with E-state index in [1.165, 1.54) is 5.52 Å². The highest BCUT2D eigenvalue weighted by Gasteiger charge is 2.12. The Morgan fingerprint density at radius 1 is 1.09 bits per heavy atom. The van der Waals surface area contributed by atoms with Crippen molar-refractivity contribution in [2.45, 2.75) is 26.6 Å². The molecule has 0 bridgehead atoms. The van der Waals surface area contributed by atoms with Crippen LogP contribution in [0.1, 0.15) is 18.1 Å². The summed E-state index contributed by atoms with van der Waals surface area (Å²) >= 11 is 0. The van der Waals surface area contributed by atoms with E-state index in [0.29, 0.717) is 18.9 Å². The average molecular weight is 296 g/mol. The number of nitrogens with two attached hydrogens (primary N) is 1. The van der Waals surface area contributed by atoms with Gasteiger partial charge in [-0.05, 0) is 30.7 Å². The minimum absolute atomic E-state index is 0.153. The van der Waals surface area contributed by atoms with Gasteiger partial charge in [0.25, 0.3) is 0 Å². The number of hydrogen-bond acceptors (Lipinski definition) is 3. The highest BCUT2D eigenvalue weighted by atomic mass is 16.5. The molecule has 0 atom stereocenters. The van der Waals surface area contributed by atoms with Crippen LogP contribution >= 0.6 is 0 Å². The number of hydrogen-bond donors (Lipinski definition) is 2. The molecule has 4 heteroatoms. The van der Waals surface area contributed by atoms with Crippen LogP contribution in [0, 0.1) is 0 Å². The van der Waals surface area contributed by atoms with E-state index in [1.54, 1.807) is 18.2 Å². The molecule has 0 radical (unpaired) electrons. The maximum Gasteiger partial charge on any atom is 0.161 e. The maximum atomic E-state index is 9.80. The highest BCUT2D eigenvalue weighted by Crippen LogP contribution is 2.29. The lowest BCUT2D eigenvalue weighted by molar-refractivity contribution is 0.290. The van der Waals surface area contributed by atoms with Crippen molar-refractivity contribution in [3.05, 3.63) is 59.8 Å². The zero-order valence-corrected chi connectivity index (χ0v) is 12.6. The molecule has 0 amide bonds. The fourth-order valence-corrected chi connectivity index (χ4v) is 2.79. The Bertz CT molecular complexity index is 793. The second-order valence-corrected chi connectivity index (χ2v) is 5.21. The van der Waals surface area contributed by atoms with Gasteiger partial charge in [-0.2, -0.15) is 0 Å². The zero-order chi connectivity index (χ0) is 15.5. The number of fused-ring (bicyclic) bond motifs is 1. The van der Waals surface area contributed by atoms with Gasteiger partial charge in [-0.1, -0.05) is 24.3 Å². The van der Waals surface area contributed by atoms with Crippen LogP contribution in [0.4, 0.5) is 0 Å². The van der Waals surface area contributed by atoms with Crippen molar-refractivity contribution in [2.75, 3.05) is 0 Å². The second kappa shape index (κ2) is 6.12. The highest BCUT2D eigenvalue weighted by molar-refractivity contribution is 5.87. The molecule has 0 aliphatic rings. The van der Waals surface area contributed by atoms with E-state index in [9.17, 15) is 5.11 Å². The van der Waals surface area contributed by atoms with Crippen LogP contribution in [0.3, 0.4) is 0 Å². The van der Waals surface area contributed by atoms with Crippen molar-refractivity contribution in [3.63, 3.8) is 0 Å². The standard InChI is InChI=1S/C18H20N2O2/c1-2-20-11-14(12-22-17-9-4-3-8-16(17)21)18-13(10-19)6-5-7-15(18)20/h3-9,11,21H,2,10,12,19H2,1H3. The predicted octanol–water partition coefficient (Wildman–Crippen LogP) is 3.40. The predicted molar refractivity (Wildman–Crippen MR) is 87.9 cm³/mol. The Balaban J connectivity index is 1.98. The molecule has 0 saturated carbocycles. The van der Waals surface area contributed by atoms with Crippen LogP contribution in [-0.2, 0) is 19.7 Å². The first kappa shape index (κ1) is 14.5. The molecule has 3 rings (SSSR count). The summed E-state index contributed by atoms with van der Waals surface area (Å²) in [7, 11) is 0. The summed E-state index contributed by atoms with van der Waals surface area (Å²) in [6.45, 7) is 3.90. The summed E-state index contributed by atoms with van der Waals surface area (Å²) in [5, 5.41) is 11.0. The number of aryl methyl sites for hydroxylation is 1. The summed E-state index contributed by atoms with van der Waals surface area (Å²) in [6.07, 6.45) is 2.10. The Hall–Kier alpha value is -2.46. The lowest BCUT2D eigenvalue weighted by Crippen LogP contribution is -2.00. The van der Waals surface area contributed by atoms with Gasteiger partial charge in [0.2, 0.25) is 0 Å². The van der Waals surface area contributed by atoms with E-state index in [4.69, 9.17) is 10.5 Å². The van der Waals surface area contributed by atoms with Gasteiger partial charge >= 0.3 is 0 Å². The van der Waals surface area contributed by atoms with E-state index in [2.05, 4.69) is 23.8 Å². The van der Waals surface area contributed by atoms with Crippen LogP contribution in [0.2, 0.25) is 0 Å².